The number of amides is 2. The fourth-order valence-electron chi connectivity index (χ4n) is 5.27. The van der Waals surface area contributed by atoms with Crippen molar-refractivity contribution in [3.63, 3.8) is 0 Å². The number of rotatable bonds is 14. The summed E-state index contributed by atoms with van der Waals surface area (Å²) in [4.78, 5) is 33.6. The van der Waals surface area contributed by atoms with Gasteiger partial charge in [0.25, 0.3) is 0 Å². The molecule has 0 spiro atoms. The zero-order valence-electron chi connectivity index (χ0n) is 24.9. The number of hydrogen-bond acceptors (Lipinski definition) is 11. The first-order valence-corrected chi connectivity index (χ1v) is 15.1. The molecule has 1 aromatic rings. The zero-order chi connectivity index (χ0) is 29.9. The number of benzene rings is 1. The van der Waals surface area contributed by atoms with Crippen LogP contribution < -0.4 is 9.64 Å². The van der Waals surface area contributed by atoms with Gasteiger partial charge in [0.05, 0.1) is 32.0 Å². The van der Waals surface area contributed by atoms with Gasteiger partial charge in [-0.2, -0.15) is 0 Å². The molecule has 4 rings (SSSR count). The van der Waals surface area contributed by atoms with Crippen LogP contribution in [0.1, 0.15) is 13.8 Å². The standard InChI is InChI=1S/C29H47N5O8/c1-3-39-28(37)32-13-9-30(10-14-32)17-24(35)19-34(20-27-22-42-27)23-5-7-26(8-6-23)41-21-25(36)18-31-11-15-33(16-12-31)29(38)40-4-2/h5-8,24-25,27,35-36H,3-4,9-22H2,1-2H3. The van der Waals surface area contributed by atoms with Gasteiger partial charge in [-0.1, -0.05) is 0 Å². The van der Waals surface area contributed by atoms with Crippen molar-refractivity contribution in [3.8, 4) is 5.75 Å². The summed E-state index contributed by atoms with van der Waals surface area (Å²) >= 11 is 0. The van der Waals surface area contributed by atoms with Gasteiger partial charge in [0.2, 0.25) is 0 Å². The van der Waals surface area contributed by atoms with Crippen LogP contribution in [-0.4, -0.2) is 165 Å². The summed E-state index contributed by atoms with van der Waals surface area (Å²) in [5.74, 6) is 0.660. The van der Waals surface area contributed by atoms with Crippen LogP contribution in [0.2, 0.25) is 0 Å². The number of aliphatic hydroxyl groups is 2. The lowest BCUT2D eigenvalue weighted by Crippen LogP contribution is -2.51. The molecule has 3 fully saturated rings. The minimum atomic E-state index is -0.656. The van der Waals surface area contributed by atoms with Crippen molar-refractivity contribution in [1.82, 2.24) is 19.6 Å². The Morgan fingerprint density at radius 1 is 0.857 bits per heavy atom. The number of carbonyl (C=O) groups excluding carboxylic acids is 2. The van der Waals surface area contributed by atoms with Crippen molar-refractivity contribution in [3.05, 3.63) is 24.3 Å². The normalized spacial score (nSPS) is 21.0. The second-order valence-electron chi connectivity index (χ2n) is 10.9. The molecule has 0 bridgehead atoms. The van der Waals surface area contributed by atoms with E-state index in [1.54, 1.807) is 23.6 Å². The van der Waals surface area contributed by atoms with Crippen LogP contribution in [0.3, 0.4) is 0 Å². The van der Waals surface area contributed by atoms with Crippen LogP contribution in [0.15, 0.2) is 24.3 Å². The number of hydrogen-bond donors (Lipinski definition) is 2. The lowest BCUT2D eigenvalue weighted by atomic mass is 10.2. The second-order valence-corrected chi connectivity index (χ2v) is 10.9. The highest BCUT2D eigenvalue weighted by atomic mass is 16.6. The van der Waals surface area contributed by atoms with Gasteiger partial charge < -0.3 is 43.9 Å². The van der Waals surface area contributed by atoms with Crippen LogP contribution in [0, 0.1) is 0 Å². The van der Waals surface area contributed by atoms with Gasteiger partial charge in [-0.3, -0.25) is 9.80 Å². The van der Waals surface area contributed by atoms with Crippen molar-refractivity contribution >= 4 is 17.9 Å². The third kappa shape index (κ3) is 10.2. The van der Waals surface area contributed by atoms with Crippen LogP contribution in [0.5, 0.6) is 5.75 Å². The summed E-state index contributed by atoms with van der Waals surface area (Å²) in [6.07, 6.45) is -1.62. The van der Waals surface area contributed by atoms with Gasteiger partial charge in [-0.25, -0.2) is 9.59 Å². The molecule has 0 aromatic heterocycles. The average molecular weight is 594 g/mol. The molecule has 3 saturated heterocycles. The monoisotopic (exact) mass is 593 g/mol. The molecule has 0 saturated carbocycles. The van der Waals surface area contributed by atoms with Crippen molar-refractivity contribution in [2.24, 2.45) is 0 Å². The van der Waals surface area contributed by atoms with E-state index in [1.165, 1.54) is 0 Å². The molecule has 0 aliphatic carbocycles. The fraction of sp³-hybridized carbons (Fsp3) is 0.724. The largest absolute Gasteiger partial charge is 0.491 e. The molecule has 3 aliphatic rings. The first-order chi connectivity index (χ1) is 20.3. The van der Waals surface area contributed by atoms with Gasteiger partial charge in [-0.15, -0.1) is 0 Å². The van der Waals surface area contributed by atoms with E-state index in [2.05, 4.69) is 14.7 Å². The number of aliphatic hydroxyl groups excluding tert-OH is 2. The topological polar surface area (TPSA) is 131 Å². The number of nitrogens with zero attached hydrogens (tertiary/aromatic N) is 5. The highest BCUT2D eigenvalue weighted by Gasteiger charge is 2.29. The highest BCUT2D eigenvalue weighted by molar-refractivity contribution is 5.68. The maximum atomic E-state index is 11.9. The average Bonchev–Trinajstić information content (AvgIpc) is 3.81. The van der Waals surface area contributed by atoms with Crippen LogP contribution >= 0.6 is 0 Å². The van der Waals surface area contributed by atoms with Crippen molar-refractivity contribution in [2.45, 2.75) is 32.2 Å². The summed E-state index contributed by atoms with van der Waals surface area (Å²) in [5, 5.41) is 21.4. The Labute approximate surface area is 248 Å². The zero-order valence-corrected chi connectivity index (χ0v) is 24.9. The number of anilines is 1. The molecule has 3 heterocycles. The van der Waals surface area contributed by atoms with E-state index in [4.69, 9.17) is 18.9 Å². The van der Waals surface area contributed by atoms with Gasteiger partial charge >= 0.3 is 12.2 Å². The maximum Gasteiger partial charge on any atom is 0.409 e. The van der Waals surface area contributed by atoms with Crippen LogP contribution in [0.25, 0.3) is 0 Å². The Bertz CT molecular complexity index is 965. The summed E-state index contributed by atoms with van der Waals surface area (Å²) < 4.78 is 21.5. The van der Waals surface area contributed by atoms with Gasteiger partial charge in [0.15, 0.2) is 0 Å². The molecule has 236 valence electrons. The summed E-state index contributed by atoms with van der Waals surface area (Å²) in [6.45, 7) is 12.5. The Morgan fingerprint density at radius 3 is 1.83 bits per heavy atom. The molecule has 13 heteroatoms. The molecule has 3 unspecified atom stereocenters. The second kappa shape index (κ2) is 16.1. The molecule has 13 nitrogen and oxygen atoms in total. The van der Waals surface area contributed by atoms with Gasteiger partial charge in [0.1, 0.15) is 18.5 Å². The lowest BCUT2D eigenvalue weighted by molar-refractivity contribution is 0.0407. The fourth-order valence-corrected chi connectivity index (χ4v) is 5.27. The lowest BCUT2D eigenvalue weighted by Gasteiger charge is -2.36. The smallest absolute Gasteiger partial charge is 0.409 e. The Hall–Kier alpha value is -2.84. The quantitative estimate of drug-likeness (QED) is 0.293. The highest BCUT2D eigenvalue weighted by Crippen LogP contribution is 2.23. The molecular weight excluding hydrogens is 546 g/mol. The number of β-amino-alcohol motifs (C(OH)–C–C–N with tert-alkyl or cyclic N) is 2. The van der Waals surface area contributed by atoms with E-state index in [1.807, 2.05) is 24.3 Å². The molecule has 2 N–H and O–H groups in total. The molecule has 0 radical (unpaired) electrons. The molecule has 3 atom stereocenters. The summed E-state index contributed by atoms with van der Waals surface area (Å²) in [7, 11) is 0. The third-order valence-corrected chi connectivity index (χ3v) is 7.64. The SMILES string of the molecule is CCOC(=O)N1CCN(CC(O)COc2ccc(N(CC(O)CN3CCN(C(=O)OCC)CC3)CC3CO3)cc2)CC1. The molecule has 2 amide bonds. The van der Waals surface area contributed by atoms with E-state index in [0.717, 1.165) is 12.3 Å². The minimum absolute atomic E-state index is 0.163. The molecule has 42 heavy (non-hydrogen) atoms. The number of epoxide rings is 1. The first kappa shape index (κ1) is 32.1. The number of carbonyl (C=O) groups is 2. The third-order valence-electron chi connectivity index (χ3n) is 7.64. The Morgan fingerprint density at radius 2 is 1.36 bits per heavy atom. The van der Waals surface area contributed by atoms with Crippen LogP contribution in [-0.2, 0) is 14.2 Å². The van der Waals surface area contributed by atoms with Crippen molar-refractivity contribution < 1.29 is 38.7 Å². The summed E-state index contributed by atoms with van der Waals surface area (Å²) in [5.41, 5.74) is 0.962. The van der Waals surface area contributed by atoms with Gasteiger partial charge in [-0.05, 0) is 38.1 Å². The van der Waals surface area contributed by atoms with E-state index in [-0.39, 0.29) is 24.9 Å². The maximum absolute atomic E-state index is 11.9. The number of piperazine rings is 2. The minimum Gasteiger partial charge on any atom is -0.491 e. The van der Waals surface area contributed by atoms with E-state index < -0.39 is 12.2 Å². The predicted octanol–water partition coefficient (Wildman–Crippen LogP) is 0.541. The van der Waals surface area contributed by atoms with Crippen molar-refractivity contribution in [2.75, 3.05) is 110 Å². The van der Waals surface area contributed by atoms with E-state index in [0.29, 0.717) is 97.5 Å². The van der Waals surface area contributed by atoms with Crippen LogP contribution in [0.4, 0.5) is 15.3 Å². The molecule has 1 aromatic carbocycles. The number of ether oxygens (including phenoxy) is 4. The summed E-state index contributed by atoms with van der Waals surface area (Å²) in [6, 6.07) is 7.68. The first-order valence-electron chi connectivity index (χ1n) is 15.1. The van der Waals surface area contributed by atoms with Gasteiger partial charge in [0, 0.05) is 84.2 Å². The van der Waals surface area contributed by atoms with E-state index >= 15 is 0 Å². The Kier molecular flexibility index (Phi) is 12.3. The van der Waals surface area contributed by atoms with Crippen molar-refractivity contribution in [1.29, 1.82) is 0 Å². The molecule has 3 aliphatic heterocycles. The van der Waals surface area contributed by atoms with E-state index in [9.17, 15) is 19.8 Å². The molecular formula is C29H47N5O8. The predicted molar refractivity (Wildman–Crippen MR) is 156 cm³/mol. The Balaban J connectivity index is 1.19.